The molecule has 0 radical (unpaired) electrons. The van der Waals surface area contributed by atoms with Gasteiger partial charge in [0.1, 0.15) is 4.83 Å². The summed E-state index contributed by atoms with van der Waals surface area (Å²) in [6, 6.07) is 9.19. The number of hydrogen-bond donors (Lipinski definition) is 2. The standard InChI is InChI=1S/C12H9N3OS/c13-11(16)8-4-2-1-3-7(8)9-5-10-12(15-9)17-6-14-10/h1-6,15H,(H2,13,16). The summed E-state index contributed by atoms with van der Waals surface area (Å²) >= 11 is 1.53. The van der Waals surface area contributed by atoms with Gasteiger partial charge in [-0.25, -0.2) is 4.98 Å². The number of amides is 1. The van der Waals surface area contributed by atoms with Crippen molar-refractivity contribution in [2.45, 2.75) is 0 Å². The van der Waals surface area contributed by atoms with Gasteiger partial charge in [0.25, 0.3) is 0 Å². The molecule has 17 heavy (non-hydrogen) atoms. The second-order valence-electron chi connectivity index (χ2n) is 3.66. The van der Waals surface area contributed by atoms with E-state index in [0.717, 1.165) is 21.6 Å². The molecule has 2 heterocycles. The highest BCUT2D eigenvalue weighted by Crippen LogP contribution is 2.27. The van der Waals surface area contributed by atoms with Crippen LogP contribution in [0.25, 0.3) is 21.6 Å². The number of thiazole rings is 1. The molecule has 0 saturated carbocycles. The Morgan fingerprint density at radius 2 is 2.18 bits per heavy atom. The van der Waals surface area contributed by atoms with Gasteiger partial charge in [-0.15, -0.1) is 11.3 Å². The number of primary amides is 1. The number of nitrogens with zero attached hydrogens (tertiary/aromatic N) is 1. The van der Waals surface area contributed by atoms with Crippen LogP contribution in [0.3, 0.4) is 0 Å². The summed E-state index contributed by atoms with van der Waals surface area (Å²) in [5.74, 6) is -0.425. The first kappa shape index (κ1) is 10.0. The van der Waals surface area contributed by atoms with Crippen molar-refractivity contribution in [3.63, 3.8) is 0 Å². The molecule has 4 nitrogen and oxygen atoms in total. The lowest BCUT2D eigenvalue weighted by Crippen LogP contribution is -2.12. The van der Waals surface area contributed by atoms with Gasteiger partial charge in [-0.3, -0.25) is 4.79 Å². The highest BCUT2D eigenvalue weighted by atomic mass is 32.1. The molecule has 1 amide bonds. The number of rotatable bonds is 2. The van der Waals surface area contributed by atoms with Crippen molar-refractivity contribution >= 4 is 27.6 Å². The molecule has 5 heteroatoms. The third-order valence-electron chi connectivity index (χ3n) is 2.61. The Hall–Kier alpha value is -2.14. The number of carbonyl (C=O) groups is 1. The van der Waals surface area contributed by atoms with Crippen molar-refractivity contribution in [3.8, 4) is 11.3 Å². The molecule has 3 N–H and O–H groups in total. The summed E-state index contributed by atoms with van der Waals surface area (Å²) in [6.07, 6.45) is 0. The van der Waals surface area contributed by atoms with E-state index in [9.17, 15) is 4.79 Å². The summed E-state index contributed by atoms with van der Waals surface area (Å²) < 4.78 is 0. The molecule has 1 aromatic carbocycles. The molecule has 3 rings (SSSR count). The number of nitrogens with two attached hydrogens (primary N) is 1. The average Bonchev–Trinajstić information content (AvgIpc) is 2.88. The summed E-state index contributed by atoms with van der Waals surface area (Å²) in [5, 5.41) is 0. The Kier molecular flexibility index (Phi) is 2.19. The quantitative estimate of drug-likeness (QED) is 0.725. The fourth-order valence-electron chi connectivity index (χ4n) is 1.82. The number of benzene rings is 1. The number of carbonyl (C=O) groups excluding carboxylic acids is 1. The van der Waals surface area contributed by atoms with Gasteiger partial charge >= 0.3 is 0 Å². The number of aromatic amines is 1. The van der Waals surface area contributed by atoms with Gasteiger partial charge in [0, 0.05) is 16.8 Å². The first-order chi connectivity index (χ1) is 8.25. The minimum Gasteiger partial charge on any atom is -0.366 e. The second kappa shape index (κ2) is 3.71. The van der Waals surface area contributed by atoms with E-state index in [4.69, 9.17) is 5.73 Å². The van der Waals surface area contributed by atoms with Crippen LogP contribution in [0.1, 0.15) is 10.4 Å². The maximum Gasteiger partial charge on any atom is 0.249 e. The van der Waals surface area contributed by atoms with Crippen LogP contribution in [0.4, 0.5) is 0 Å². The largest absolute Gasteiger partial charge is 0.366 e. The van der Waals surface area contributed by atoms with E-state index in [0.29, 0.717) is 5.56 Å². The molecule has 3 aromatic rings. The molecule has 0 bridgehead atoms. The van der Waals surface area contributed by atoms with E-state index in [2.05, 4.69) is 9.97 Å². The van der Waals surface area contributed by atoms with Crippen LogP contribution in [-0.4, -0.2) is 15.9 Å². The maximum atomic E-state index is 11.3. The lowest BCUT2D eigenvalue weighted by molar-refractivity contribution is 0.100. The van der Waals surface area contributed by atoms with E-state index >= 15 is 0 Å². The SMILES string of the molecule is NC(=O)c1ccccc1-c1cc2ncsc2[nH]1. The van der Waals surface area contributed by atoms with Crippen molar-refractivity contribution in [3.05, 3.63) is 41.4 Å². The summed E-state index contributed by atoms with van der Waals surface area (Å²) in [4.78, 5) is 19.8. The molecule has 0 unspecified atom stereocenters. The highest BCUT2D eigenvalue weighted by Gasteiger charge is 2.12. The van der Waals surface area contributed by atoms with Crippen LogP contribution in [0.15, 0.2) is 35.8 Å². The highest BCUT2D eigenvalue weighted by molar-refractivity contribution is 7.16. The molecule has 84 valence electrons. The molecule has 0 atom stereocenters. The lowest BCUT2D eigenvalue weighted by atomic mass is 10.0. The zero-order chi connectivity index (χ0) is 11.8. The Morgan fingerprint density at radius 3 is 2.94 bits per heavy atom. The molecular weight excluding hydrogens is 234 g/mol. The van der Waals surface area contributed by atoms with E-state index in [1.807, 2.05) is 18.2 Å². The second-order valence-corrected chi connectivity index (χ2v) is 4.51. The monoisotopic (exact) mass is 243 g/mol. The van der Waals surface area contributed by atoms with Crippen molar-refractivity contribution < 1.29 is 4.79 Å². The number of H-pyrrole nitrogens is 1. The van der Waals surface area contributed by atoms with Crippen molar-refractivity contribution in [1.82, 2.24) is 9.97 Å². The van der Waals surface area contributed by atoms with Crippen LogP contribution >= 0.6 is 11.3 Å². The van der Waals surface area contributed by atoms with E-state index in [1.54, 1.807) is 17.6 Å². The summed E-state index contributed by atoms with van der Waals surface area (Å²) in [5.41, 5.74) is 10.2. The maximum absolute atomic E-state index is 11.3. The Bertz CT molecular complexity index is 670. The van der Waals surface area contributed by atoms with E-state index in [1.165, 1.54) is 11.3 Å². The van der Waals surface area contributed by atoms with Gasteiger partial charge in [-0.1, -0.05) is 18.2 Å². The topological polar surface area (TPSA) is 71.8 Å². The molecular formula is C12H9N3OS. The van der Waals surface area contributed by atoms with E-state index < -0.39 is 5.91 Å². The molecule has 0 fully saturated rings. The van der Waals surface area contributed by atoms with Gasteiger partial charge in [-0.2, -0.15) is 0 Å². The van der Waals surface area contributed by atoms with Gasteiger partial charge in [0.15, 0.2) is 0 Å². The zero-order valence-electron chi connectivity index (χ0n) is 8.81. The zero-order valence-corrected chi connectivity index (χ0v) is 9.62. The molecule has 0 saturated heterocycles. The fraction of sp³-hybridized carbons (Fsp3) is 0. The number of aromatic nitrogens is 2. The minimum absolute atomic E-state index is 0.425. The third-order valence-corrected chi connectivity index (χ3v) is 3.36. The molecule has 0 aliphatic carbocycles. The molecule has 0 aliphatic heterocycles. The Balaban J connectivity index is 2.21. The summed E-state index contributed by atoms with van der Waals surface area (Å²) in [6.45, 7) is 0. The number of nitrogens with one attached hydrogen (secondary N) is 1. The fourth-order valence-corrected chi connectivity index (χ4v) is 2.50. The predicted octanol–water partition coefficient (Wildman–Crippen LogP) is 2.39. The van der Waals surface area contributed by atoms with Crippen molar-refractivity contribution in [2.75, 3.05) is 0 Å². The summed E-state index contributed by atoms with van der Waals surface area (Å²) in [7, 11) is 0. The first-order valence-electron chi connectivity index (χ1n) is 5.07. The Morgan fingerprint density at radius 1 is 1.35 bits per heavy atom. The van der Waals surface area contributed by atoms with Crippen LogP contribution < -0.4 is 5.73 Å². The van der Waals surface area contributed by atoms with Gasteiger partial charge < -0.3 is 10.7 Å². The smallest absolute Gasteiger partial charge is 0.249 e. The van der Waals surface area contributed by atoms with Gasteiger partial charge in [0.2, 0.25) is 5.91 Å². The predicted molar refractivity (Wildman–Crippen MR) is 67.9 cm³/mol. The van der Waals surface area contributed by atoms with Gasteiger partial charge in [0.05, 0.1) is 11.0 Å². The van der Waals surface area contributed by atoms with Crippen molar-refractivity contribution in [2.24, 2.45) is 5.73 Å². The van der Waals surface area contributed by atoms with Crippen LogP contribution in [0, 0.1) is 0 Å². The third kappa shape index (κ3) is 1.60. The number of hydrogen-bond acceptors (Lipinski definition) is 3. The van der Waals surface area contributed by atoms with Crippen molar-refractivity contribution in [1.29, 1.82) is 0 Å². The Labute approximate surface area is 101 Å². The number of fused-ring (bicyclic) bond motifs is 1. The molecule has 2 aromatic heterocycles. The average molecular weight is 243 g/mol. The molecule has 0 spiro atoms. The normalized spacial score (nSPS) is 10.8. The van der Waals surface area contributed by atoms with Crippen LogP contribution in [-0.2, 0) is 0 Å². The molecule has 0 aliphatic rings. The van der Waals surface area contributed by atoms with Gasteiger partial charge in [-0.05, 0) is 12.1 Å². The van der Waals surface area contributed by atoms with E-state index in [-0.39, 0.29) is 0 Å². The first-order valence-corrected chi connectivity index (χ1v) is 5.95. The minimum atomic E-state index is -0.425. The van der Waals surface area contributed by atoms with Crippen LogP contribution in [0.2, 0.25) is 0 Å². The van der Waals surface area contributed by atoms with Crippen LogP contribution in [0.5, 0.6) is 0 Å². The lowest BCUT2D eigenvalue weighted by Gasteiger charge is -2.03.